The number of nitrogens with zero attached hydrogens (tertiary/aromatic N) is 1. The summed E-state index contributed by atoms with van der Waals surface area (Å²) >= 11 is 3.20. The largest absolute Gasteiger partial charge is 0.392 e. The predicted octanol–water partition coefficient (Wildman–Crippen LogP) is 4.15. The monoisotopic (exact) mass is 350 g/mol. The SMILES string of the molecule is O=C(Nc1ncccc1Br)C1CCCCC1C(F)(F)F. The third-order valence-corrected chi connectivity index (χ3v) is 4.16. The number of alkyl halides is 3. The average molecular weight is 351 g/mol. The Morgan fingerprint density at radius 2 is 2.05 bits per heavy atom. The highest BCUT2D eigenvalue weighted by molar-refractivity contribution is 9.10. The van der Waals surface area contributed by atoms with E-state index in [1.54, 1.807) is 12.1 Å². The molecule has 0 spiro atoms. The zero-order valence-corrected chi connectivity index (χ0v) is 12.2. The molecule has 110 valence electrons. The summed E-state index contributed by atoms with van der Waals surface area (Å²) in [7, 11) is 0. The van der Waals surface area contributed by atoms with Crippen molar-refractivity contribution in [2.24, 2.45) is 11.8 Å². The van der Waals surface area contributed by atoms with Gasteiger partial charge in [0.1, 0.15) is 5.82 Å². The Morgan fingerprint density at radius 1 is 1.35 bits per heavy atom. The van der Waals surface area contributed by atoms with Crippen LogP contribution in [0.4, 0.5) is 19.0 Å². The molecule has 1 aromatic rings. The van der Waals surface area contributed by atoms with Crippen LogP contribution in [-0.2, 0) is 4.79 Å². The van der Waals surface area contributed by atoms with E-state index >= 15 is 0 Å². The molecule has 2 atom stereocenters. The van der Waals surface area contributed by atoms with Gasteiger partial charge < -0.3 is 5.32 Å². The van der Waals surface area contributed by atoms with Crippen molar-refractivity contribution in [1.29, 1.82) is 0 Å². The molecule has 1 heterocycles. The molecule has 1 aliphatic carbocycles. The van der Waals surface area contributed by atoms with E-state index in [-0.39, 0.29) is 18.7 Å². The molecule has 1 aromatic heterocycles. The minimum absolute atomic E-state index is 0.0188. The molecule has 1 N–H and O–H groups in total. The first-order valence-corrected chi connectivity index (χ1v) is 7.17. The number of pyridine rings is 1. The third-order valence-electron chi connectivity index (χ3n) is 3.52. The van der Waals surface area contributed by atoms with Gasteiger partial charge in [-0.3, -0.25) is 4.79 Å². The highest BCUT2D eigenvalue weighted by Crippen LogP contribution is 2.42. The zero-order valence-electron chi connectivity index (χ0n) is 10.6. The van der Waals surface area contributed by atoms with Crippen LogP contribution in [0.3, 0.4) is 0 Å². The molecular formula is C13H14BrF3N2O. The Labute approximate surface area is 123 Å². The first kappa shape index (κ1) is 15.3. The van der Waals surface area contributed by atoms with Crippen LogP contribution in [0, 0.1) is 11.8 Å². The fourth-order valence-corrected chi connectivity index (χ4v) is 2.88. The van der Waals surface area contributed by atoms with Crippen molar-refractivity contribution in [3.05, 3.63) is 22.8 Å². The van der Waals surface area contributed by atoms with Crippen molar-refractivity contribution in [2.75, 3.05) is 5.32 Å². The number of hydrogen-bond donors (Lipinski definition) is 1. The summed E-state index contributed by atoms with van der Waals surface area (Å²) in [6.45, 7) is 0. The van der Waals surface area contributed by atoms with Crippen molar-refractivity contribution in [2.45, 2.75) is 31.9 Å². The quantitative estimate of drug-likeness (QED) is 0.870. The smallest absolute Gasteiger partial charge is 0.310 e. The van der Waals surface area contributed by atoms with E-state index < -0.39 is 23.9 Å². The molecule has 2 unspecified atom stereocenters. The van der Waals surface area contributed by atoms with Crippen LogP contribution in [0.15, 0.2) is 22.8 Å². The molecule has 0 aliphatic heterocycles. The van der Waals surface area contributed by atoms with Gasteiger partial charge in [0, 0.05) is 12.1 Å². The number of anilines is 1. The maximum atomic E-state index is 13.0. The van der Waals surface area contributed by atoms with E-state index in [4.69, 9.17) is 0 Å². The number of nitrogens with one attached hydrogen (secondary N) is 1. The number of hydrogen-bond acceptors (Lipinski definition) is 2. The fraction of sp³-hybridized carbons (Fsp3) is 0.538. The number of amides is 1. The summed E-state index contributed by atoms with van der Waals surface area (Å²) in [5, 5.41) is 2.49. The van der Waals surface area contributed by atoms with Gasteiger partial charge in [0.15, 0.2) is 0 Å². The van der Waals surface area contributed by atoms with E-state index in [0.29, 0.717) is 17.3 Å². The van der Waals surface area contributed by atoms with Crippen molar-refractivity contribution in [3.8, 4) is 0 Å². The lowest BCUT2D eigenvalue weighted by molar-refractivity contribution is -0.197. The second-order valence-electron chi connectivity index (χ2n) is 4.86. The molecule has 0 radical (unpaired) electrons. The Bertz CT molecular complexity index is 493. The molecule has 1 saturated carbocycles. The van der Waals surface area contributed by atoms with Gasteiger partial charge in [0.25, 0.3) is 0 Å². The van der Waals surface area contributed by atoms with Gasteiger partial charge in [-0.25, -0.2) is 4.98 Å². The van der Waals surface area contributed by atoms with Crippen LogP contribution in [0.5, 0.6) is 0 Å². The molecule has 1 fully saturated rings. The van der Waals surface area contributed by atoms with Crippen LogP contribution in [0.25, 0.3) is 0 Å². The van der Waals surface area contributed by atoms with Gasteiger partial charge >= 0.3 is 6.18 Å². The molecule has 0 bridgehead atoms. The number of halogens is 4. The van der Waals surface area contributed by atoms with E-state index in [9.17, 15) is 18.0 Å². The van der Waals surface area contributed by atoms with E-state index in [1.165, 1.54) is 6.20 Å². The standard InChI is InChI=1S/C13H14BrF3N2O/c14-10-6-3-7-18-11(10)19-12(20)8-4-1-2-5-9(8)13(15,16)17/h3,6-9H,1-2,4-5H2,(H,18,19,20). The topological polar surface area (TPSA) is 42.0 Å². The van der Waals surface area contributed by atoms with Gasteiger partial charge in [0.2, 0.25) is 5.91 Å². The molecule has 0 saturated heterocycles. The third kappa shape index (κ3) is 3.50. The second kappa shape index (κ2) is 6.11. The minimum atomic E-state index is -4.33. The van der Waals surface area contributed by atoms with Crippen molar-refractivity contribution in [1.82, 2.24) is 4.98 Å². The van der Waals surface area contributed by atoms with Crippen LogP contribution in [0.2, 0.25) is 0 Å². The average Bonchev–Trinajstić information content (AvgIpc) is 2.40. The van der Waals surface area contributed by atoms with Gasteiger partial charge in [-0.2, -0.15) is 13.2 Å². The van der Waals surface area contributed by atoms with Gasteiger partial charge in [-0.15, -0.1) is 0 Å². The fourth-order valence-electron chi connectivity index (χ4n) is 2.52. The first-order chi connectivity index (χ1) is 9.39. The lowest BCUT2D eigenvalue weighted by Crippen LogP contribution is -2.39. The van der Waals surface area contributed by atoms with Gasteiger partial charge in [-0.1, -0.05) is 12.8 Å². The first-order valence-electron chi connectivity index (χ1n) is 6.37. The summed E-state index contributed by atoms with van der Waals surface area (Å²) in [5.74, 6) is -2.94. The van der Waals surface area contributed by atoms with Gasteiger partial charge in [0.05, 0.1) is 10.4 Å². The van der Waals surface area contributed by atoms with E-state index in [1.807, 2.05) is 0 Å². The summed E-state index contributed by atoms with van der Waals surface area (Å²) in [6, 6.07) is 3.34. The Kier molecular flexibility index (Phi) is 4.67. The van der Waals surface area contributed by atoms with Crippen molar-refractivity contribution >= 4 is 27.7 Å². The summed E-state index contributed by atoms with van der Waals surface area (Å²) in [5.41, 5.74) is 0. The molecule has 20 heavy (non-hydrogen) atoms. The summed E-state index contributed by atoms with van der Waals surface area (Å²) in [4.78, 5) is 16.0. The maximum Gasteiger partial charge on any atom is 0.392 e. The Morgan fingerprint density at radius 3 is 2.70 bits per heavy atom. The lowest BCUT2D eigenvalue weighted by atomic mass is 9.78. The van der Waals surface area contributed by atoms with Crippen LogP contribution < -0.4 is 5.32 Å². The summed E-state index contributed by atoms with van der Waals surface area (Å²) in [6.07, 6.45) is -1.41. The van der Waals surface area contributed by atoms with E-state index in [0.717, 1.165) is 0 Å². The second-order valence-corrected chi connectivity index (χ2v) is 5.72. The van der Waals surface area contributed by atoms with Crippen LogP contribution in [0.1, 0.15) is 25.7 Å². The number of carbonyl (C=O) groups excluding carboxylic acids is 1. The number of rotatable bonds is 2. The molecule has 3 nitrogen and oxygen atoms in total. The van der Waals surface area contributed by atoms with Gasteiger partial charge in [-0.05, 0) is 40.9 Å². The number of aromatic nitrogens is 1. The molecule has 7 heteroatoms. The Balaban J connectivity index is 2.13. The summed E-state index contributed by atoms with van der Waals surface area (Å²) < 4.78 is 39.4. The number of carbonyl (C=O) groups is 1. The molecule has 2 rings (SSSR count). The van der Waals surface area contributed by atoms with Crippen LogP contribution in [-0.4, -0.2) is 17.1 Å². The van der Waals surface area contributed by atoms with Crippen molar-refractivity contribution in [3.63, 3.8) is 0 Å². The minimum Gasteiger partial charge on any atom is -0.310 e. The molecule has 1 aliphatic rings. The van der Waals surface area contributed by atoms with E-state index in [2.05, 4.69) is 26.2 Å². The zero-order chi connectivity index (χ0) is 14.8. The molecule has 1 amide bonds. The highest BCUT2D eigenvalue weighted by Gasteiger charge is 2.48. The predicted molar refractivity (Wildman–Crippen MR) is 72.1 cm³/mol. The maximum absolute atomic E-state index is 13.0. The van der Waals surface area contributed by atoms with Crippen molar-refractivity contribution < 1.29 is 18.0 Å². The van der Waals surface area contributed by atoms with Crippen LogP contribution >= 0.6 is 15.9 Å². The lowest BCUT2D eigenvalue weighted by Gasteiger charge is -2.31. The Hall–Kier alpha value is -1.11. The normalized spacial score (nSPS) is 23.4. The molecular weight excluding hydrogens is 337 g/mol. The highest BCUT2D eigenvalue weighted by atomic mass is 79.9. The molecule has 0 aromatic carbocycles.